The van der Waals surface area contributed by atoms with Crippen molar-refractivity contribution in [3.63, 3.8) is 0 Å². The minimum atomic E-state index is 0.425. The first kappa shape index (κ1) is 12.0. The van der Waals surface area contributed by atoms with E-state index in [-0.39, 0.29) is 0 Å². The topological polar surface area (TPSA) is 26.3 Å². The quantitative estimate of drug-likeness (QED) is 0.760. The van der Waals surface area contributed by atoms with Crippen LogP contribution in [0.2, 0.25) is 10.0 Å². The summed E-state index contributed by atoms with van der Waals surface area (Å²) in [5.41, 5.74) is 0.549. The highest BCUT2D eigenvalue weighted by atomic mass is 35.5. The van der Waals surface area contributed by atoms with E-state index in [0.29, 0.717) is 27.1 Å². The lowest BCUT2D eigenvalue weighted by Gasteiger charge is -2.07. The average Bonchev–Trinajstić information content (AvgIpc) is 2.33. The summed E-state index contributed by atoms with van der Waals surface area (Å²) in [5, 5.41) is 0.970. The van der Waals surface area contributed by atoms with E-state index in [4.69, 9.17) is 27.9 Å². The highest BCUT2D eigenvalue weighted by Gasteiger charge is 2.04. The van der Waals surface area contributed by atoms with Crippen molar-refractivity contribution < 1.29 is 9.53 Å². The lowest BCUT2D eigenvalue weighted by atomic mass is 10.2. The predicted molar refractivity (Wildman–Crippen MR) is 68.4 cm³/mol. The van der Waals surface area contributed by atoms with Gasteiger partial charge in [-0.25, -0.2) is 0 Å². The molecule has 0 saturated carbocycles. The molecule has 86 valence electrons. The van der Waals surface area contributed by atoms with Crippen LogP contribution >= 0.6 is 23.2 Å². The third kappa shape index (κ3) is 2.99. The van der Waals surface area contributed by atoms with Crippen molar-refractivity contribution in [2.45, 2.75) is 0 Å². The van der Waals surface area contributed by atoms with Gasteiger partial charge in [-0.15, -0.1) is 0 Å². The summed E-state index contributed by atoms with van der Waals surface area (Å²) in [6, 6.07) is 11.8. The summed E-state index contributed by atoms with van der Waals surface area (Å²) >= 11 is 11.8. The van der Waals surface area contributed by atoms with Crippen LogP contribution in [0.15, 0.2) is 42.5 Å². The summed E-state index contributed by atoms with van der Waals surface area (Å²) in [4.78, 5) is 10.6. The second-order valence-electron chi connectivity index (χ2n) is 3.37. The molecule has 0 radical (unpaired) electrons. The maximum absolute atomic E-state index is 10.6. The zero-order valence-electron chi connectivity index (χ0n) is 8.69. The molecule has 2 aromatic carbocycles. The minimum absolute atomic E-state index is 0.425. The van der Waals surface area contributed by atoms with Crippen LogP contribution in [0.5, 0.6) is 11.5 Å². The second kappa shape index (κ2) is 5.21. The number of halogens is 2. The molecule has 0 N–H and O–H groups in total. The van der Waals surface area contributed by atoms with Crippen LogP contribution in [-0.2, 0) is 0 Å². The lowest BCUT2D eigenvalue weighted by Crippen LogP contribution is -1.87. The highest BCUT2D eigenvalue weighted by Crippen LogP contribution is 2.31. The largest absolute Gasteiger partial charge is 0.456 e. The molecule has 0 saturated heterocycles. The van der Waals surface area contributed by atoms with Gasteiger partial charge in [0, 0.05) is 10.6 Å². The molecule has 0 amide bonds. The van der Waals surface area contributed by atoms with Gasteiger partial charge >= 0.3 is 0 Å². The van der Waals surface area contributed by atoms with Gasteiger partial charge < -0.3 is 4.74 Å². The van der Waals surface area contributed by atoms with Crippen molar-refractivity contribution in [3.05, 3.63) is 58.1 Å². The zero-order valence-corrected chi connectivity index (χ0v) is 10.2. The summed E-state index contributed by atoms with van der Waals surface area (Å²) in [6.45, 7) is 0. The van der Waals surface area contributed by atoms with Gasteiger partial charge in [-0.2, -0.15) is 0 Å². The lowest BCUT2D eigenvalue weighted by molar-refractivity contribution is 0.112. The summed E-state index contributed by atoms with van der Waals surface area (Å²) in [5.74, 6) is 1.05. The fourth-order valence-corrected chi connectivity index (χ4v) is 1.78. The molecule has 0 aliphatic heterocycles. The van der Waals surface area contributed by atoms with E-state index < -0.39 is 0 Å². The first-order chi connectivity index (χ1) is 8.19. The number of rotatable bonds is 3. The summed E-state index contributed by atoms with van der Waals surface area (Å²) in [6.07, 6.45) is 0.760. The van der Waals surface area contributed by atoms with Crippen molar-refractivity contribution in [3.8, 4) is 11.5 Å². The van der Waals surface area contributed by atoms with Gasteiger partial charge in [0.25, 0.3) is 0 Å². The third-order valence-electron chi connectivity index (χ3n) is 2.12. The number of hydrogen-bond donors (Lipinski definition) is 0. The Hall–Kier alpha value is -1.51. The first-order valence-corrected chi connectivity index (χ1v) is 5.63. The maximum atomic E-state index is 10.6. The van der Waals surface area contributed by atoms with Crippen molar-refractivity contribution in [1.29, 1.82) is 0 Å². The Morgan fingerprint density at radius 2 is 1.88 bits per heavy atom. The van der Waals surface area contributed by atoms with Crippen LogP contribution in [0.1, 0.15) is 10.4 Å². The molecule has 0 unspecified atom stereocenters. The average molecular weight is 267 g/mol. The molecule has 0 aromatic heterocycles. The molecule has 4 heteroatoms. The van der Waals surface area contributed by atoms with Gasteiger partial charge in [0.2, 0.25) is 0 Å². The van der Waals surface area contributed by atoms with Crippen LogP contribution in [0, 0.1) is 0 Å². The van der Waals surface area contributed by atoms with Gasteiger partial charge in [-0.3, -0.25) is 4.79 Å². The molecule has 0 aliphatic carbocycles. The molecule has 17 heavy (non-hydrogen) atoms. The normalized spacial score (nSPS) is 10.0. The van der Waals surface area contributed by atoms with Crippen LogP contribution < -0.4 is 4.74 Å². The molecule has 2 rings (SSSR count). The number of hydrogen-bond acceptors (Lipinski definition) is 2. The van der Waals surface area contributed by atoms with Crippen LogP contribution in [0.4, 0.5) is 0 Å². The Balaban J connectivity index is 2.27. The fourth-order valence-electron chi connectivity index (χ4n) is 1.34. The van der Waals surface area contributed by atoms with E-state index in [1.165, 1.54) is 0 Å². The van der Waals surface area contributed by atoms with E-state index in [9.17, 15) is 4.79 Å². The Morgan fingerprint density at radius 3 is 2.59 bits per heavy atom. The molecule has 2 nitrogen and oxygen atoms in total. The second-order valence-corrected chi connectivity index (χ2v) is 4.21. The Kier molecular flexibility index (Phi) is 3.67. The Bertz CT molecular complexity index is 553. The molecular formula is C13H8Cl2O2. The standard InChI is InChI=1S/C13H8Cl2O2/c14-10-4-5-13(12(15)7-10)17-11-3-1-2-9(6-11)8-16/h1-8H. The highest BCUT2D eigenvalue weighted by molar-refractivity contribution is 6.35. The molecule has 0 fully saturated rings. The molecule has 0 atom stereocenters. The van der Waals surface area contributed by atoms with Crippen molar-refractivity contribution in [2.75, 3.05) is 0 Å². The van der Waals surface area contributed by atoms with Crippen molar-refractivity contribution in [1.82, 2.24) is 0 Å². The first-order valence-electron chi connectivity index (χ1n) is 4.87. The van der Waals surface area contributed by atoms with Gasteiger partial charge in [0.1, 0.15) is 17.8 Å². The number of carbonyl (C=O) groups excluding carboxylic acids is 1. The van der Waals surface area contributed by atoms with Gasteiger partial charge in [-0.05, 0) is 30.3 Å². The molecule has 0 spiro atoms. The summed E-state index contributed by atoms with van der Waals surface area (Å²) in [7, 11) is 0. The monoisotopic (exact) mass is 266 g/mol. The van der Waals surface area contributed by atoms with Gasteiger partial charge in [0.05, 0.1) is 5.02 Å². The smallest absolute Gasteiger partial charge is 0.150 e. The van der Waals surface area contributed by atoms with Crippen molar-refractivity contribution >= 4 is 29.5 Å². The van der Waals surface area contributed by atoms with Crippen LogP contribution in [0.3, 0.4) is 0 Å². The zero-order chi connectivity index (χ0) is 12.3. The number of ether oxygens (including phenoxy) is 1. The predicted octanol–water partition coefficient (Wildman–Crippen LogP) is 4.60. The molecule has 0 bridgehead atoms. The fraction of sp³-hybridized carbons (Fsp3) is 0. The van der Waals surface area contributed by atoms with Crippen LogP contribution in [0.25, 0.3) is 0 Å². The van der Waals surface area contributed by atoms with Gasteiger partial charge in [0.15, 0.2) is 0 Å². The Morgan fingerprint density at radius 1 is 1.06 bits per heavy atom. The molecule has 0 heterocycles. The minimum Gasteiger partial charge on any atom is -0.456 e. The molecular weight excluding hydrogens is 259 g/mol. The number of carbonyl (C=O) groups is 1. The van der Waals surface area contributed by atoms with E-state index in [0.717, 1.165) is 6.29 Å². The molecule has 2 aromatic rings. The van der Waals surface area contributed by atoms with E-state index in [1.54, 1.807) is 42.5 Å². The summed E-state index contributed by atoms with van der Waals surface area (Å²) < 4.78 is 5.56. The Labute approximate surface area is 109 Å². The third-order valence-corrected chi connectivity index (χ3v) is 2.65. The SMILES string of the molecule is O=Cc1cccc(Oc2ccc(Cl)cc2Cl)c1. The van der Waals surface area contributed by atoms with E-state index >= 15 is 0 Å². The molecule has 0 aliphatic rings. The van der Waals surface area contributed by atoms with Crippen LogP contribution in [-0.4, -0.2) is 6.29 Å². The van der Waals surface area contributed by atoms with E-state index in [2.05, 4.69) is 0 Å². The van der Waals surface area contributed by atoms with Crippen molar-refractivity contribution in [2.24, 2.45) is 0 Å². The number of benzene rings is 2. The van der Waals surface area contributed by atoms with E-state index in [1.807, 2.05) is 0 Å². The number of aldehydes is 1. The van der Waals surface area contributed by atoms with Gasteiger partial charge in [-0.1, -0.05) is 35.3 Å². The maximum Gasteiger partial charge on any atom is 0.150 e.